The van der Waals surface area contributed by atoms with Gasteiger partial charge in [-0.05, 0) is 93.3 Å². The van der Waals surface area contributed by atoms with Crippen LogP contribution in [0.1, 0.15) is 110 Å². The Hall–Kier alpha value is -0.530. The Morgan fingerprint density at radius 2 is 1.15 bits per heavy atom. The Kier molecular flexibility index (Phi) is 7.88. The maximum Gasteiger partial charge on any atom is 0.303 e. The lowest BCUT2D eigenvalue weighted by Gasteiger charge is -2.45. The summed E-state index contributed by atoms with van der Waals surface area (Å²) in [6.07, 6.45) is 21.4. The molecule has 2 nitrogen and oxygen atoms in total. The lowest BCUT2D eigenvalue weighted by atomic mass is 9.60. The average molecular weight is 363 g/mol. The smallest absolute Gasteiger partial charge is 0.303 e. The highest BCUT2D eigenvalue weighted by atomic mass is 16.4. The molecule has 0 aromatic carbocycles. The van der Waals surface area contributed by atoms with Crippen LogP contribution in [0.3, 0.4) is 0 Å². The van der Waals surface area contributed by atoms with Crippen molar-refractivity contribution in [3.8, 4) is 0 Å². The Balaban J connectivity index is 1.10. The van der Waals surface area contributed by atoms with Gasteiger partial charge >= 0.3 is 5.97 Å². The summed E-state index contributed by atoms with van der Waals surface area (Å²) in [5, 5.41) is 8.62. The molecule has 0 spiro atoms. The molecule has 3 saturated carbocycles. The van der Waals surface area contributed by atoms with Crippen molar-refractivity contribution >= 4 is 5.97 Å². The Morgan fingerprint density at radius 3 is 1.69 bits per heavy atom. The average Bonchev–Trinajstić information content (AvgIpc) is 2.49. The second-order valence-electron chi connectivity index (χ2n) is 10.2. The molecule has 0 saturated heterocycles. The number of hydrogen-bond acceptors (Lipinski definition) is 1. The predicted octanol–water partition coefficient (Wildman–Crippen LogP) is 7.07. The predicted molar refractivity (Wildman–Crippen MR) is 108 cm³/mol. The maximum atomic E-state index is 10.5. The van der Waals surface area contributed by atoms with Crippen molar-refractivity contribution in [2.24, 2.45) is 35.5 Å². The van der Waals surface area contributed by atoms with Crippen molar-refractivity contribution in [3.05, 3.63) is 0 Å². The zero-order valence-electron chi connectivity index (χ0n) is 17.1. The third-order valence-electron chi connectivity index (χ3n) is 7.91. The summed E-state index contributed by atoms with van der Waals surface area (Å²) in [5.41, 5.74) is 0. The first-order chi connectivity index (χ1) is 12.6. The van der Waals surface area contributed by atoms with Crippen LogP contribution in [-0.4, -0.2) is 11.1 Å². The van der Waals surface area contributed by atoms with Crippen molar-refractivity contribution in [1.82, 2.24) is 0 Å². The third-order valence-corrected chi connectivity index (χ3v) is 7.91. The lowest BCUT2D eigenvalue weighted by molar-refractivity contribution is -0.137. The maximum absolute atomic E-state index is 10.5. The highest BCUT2D eigenvalue weighted by molar-refractivity contribution is 5.66. The molecule has 3 aliphatic carbocycles. The van der Waals surface area contributed by atoms with Gasteiger partial charge in [-0.3, -0.25) is 4.79 Å². The lowest BCUT2D eigenvalue weighted by Crippen LogP contribution is -2.34. The van der Waals surface area contributed by atoms with Crippen molar-refractivity contribution in [2.45, 2.75) is 110 Å². The molecule has 0 amide bonds. The summed E-state index contributed by atoms with van der Waals surface area (Å²) in [6, 6.07) is 0. The molecule has 2 heteroatoms. The van der Waals surface area contributed by atoms with Gasteiger partial charge in [0.05, 0.1) is 0 Å². The minimum Gasteiger partial charge on any atom is -0.481 e. The van der Waals surface area contributed by atoms with Gasteiger partial charge in [0.2, 0.25) is 0 Å². The van der Waals surface area contributed by atoms with Gasteiger partial charge in [-0.15, -0.1) is 0 Å². The van der Waals surface area contributed by atoms with Crippen LogP contribution >= 0.6 is 0 Å². The molecule has 1 N–H and O–H groups in total. The van der Waals surface area contributed by atoms with Crippen LogP contribution in [0.2, 0.25) is 0 Å². The largest absolute Gasteiger partial charge is 0.481 e. The zero-order chi connectivity index (χ0) is 18.4. The third kappa shape index (κ3) is 6.27. The Labute approximate surface area is 161 Å². The fraction of sp³-hybridized carbons (Fsp3) is 0.958. The summed E-state index contributed by atoms with van der Waals surface area (Å²) in [6.45, 7) is 2.36. The van der Waals surface area contributed by atoms with Crippen LogP contribution in [0.15, 0.2) is 0 Å². The van der Waals surface area contributed by atoms with E-state index in [1.54, 1.807) is 38.5 Å². The number of aliphatic carboxylic acids is 1. The summed E-state index contributed by atoms with van der Waals surface area (Å²) in [4.78, 5) is 10.5. The molecular weight excluding hydrogens is 320 g/mol. The van der Waals surface area contributed by atoms with Crippen LogP contribution in [0.5, 0.6) is 0 Å². The molecule has 3 aliphatic rings. The van der Waals surface area contributed by atoms with Gasteiger partial charge in [0.15, 0.2) is 0 Å². The molecule has 0 heterocycles. The fourth-order valence-electron chi connectivity index (χ4n) is 6.14. The minimum atomic E-state index is -0.642. The quantitative estimate of drug-likeness (QED) is 0.356. The van der Waals surface area contributed by atoms with Crippen molar-refractivity contribution in [3.63, 3.8) is 0 Å². The van der Waals surface area contributed by atoms with Crippen LogP contribution in [-0.2, 0) is 4.79 Å². The van der Waals surface area contributed by atoms with Crippen LogP contribution in [0.25, 0.3) is 0 Å². The summed E-state index contributed by atoms with van der Waals surface area (Å²) in [7, 11) is 0. The molecule has 3 fully saturated rings. The van der Waals surface area contributed by atoms with E-state index in [-0.39, 0.29) is 0 Å². The number of rotatable bonds is 13. The number of carboxylic acids is 1. The summed E-state index contributed by atoms with van der Waals surface area (Å²) >= 11 is 0. The highest BCUT2D eigenvalue weighted by Gasteiger charge is 2.38. The summed E-state index contributed by atoms with van der Waals surface area (Å²) < 4.78 is 0. The van der Waals surface area contributed by atoms with Crippen LogP contribution in [0, 0.1) is 35.5 Å². The van der Waals surface area contributed by atoms with E-state index in [9.17, 15) is 4.79 Å². The van der Waals surface area contributed by atoms with Crippen LogP contribution in [0.4, 0.5) is 0 Å². The van der Waals surface area contributed by atoms with E-state index >= 15 is 0 Å². The first kappa shape index (κ1) is 20.2. The molecular formula is C24H42O2. The molecule has 3 rings (SSSR count). The van der Waals surface area contributed by atoms with Crippen LogP contribution < -0.4 is 0 Å². The second-order valence-corrected chi connectivity index (χ2v) is 10.2. The fourth-order valence-corrected chi connectivity index (χ4v) is 6.14. The van der Waals surface area contributed by atoms with Crippen molar-refractivity contribution in [2.75, 3.05) is 0 Å². The molecule has 0 unspecified atom stereocenters. The number of unbranched alkanes of at least 4 members (excludes halogenated alkanes) is 4. The summed E-state index contributed by atoms with van der Waals surface area (Å²) in [5.74, 6) is 5.81. The van der Waals surface area contributed by atoms with Gasteiger partial charge in [0.1, 0.15) is 0 Å². The van der Waals surface area contributed by atoms with E-state index in [0.717, 1.165) is 48.3 Å². The number of hydrogen-bond donors (Lipinski definition) is 1. The van der Waals surface area contributed by atoms with E-state index < -0.39 is 5.97 Å². The minimum absolute atomic E-state index is 0.353. The molecule has 0 radical (unpaired) electrons. The van der Waals surface area contributed by atoms with Crippen molar-refractivity contribution < 1.29 is 9.90 Å². The van der Waals surface area contributed by atoms with Gasteiger partial charge in [0.25, 0.3) is 0 Å². The highest BCUT2D eigenvalue weighted by Crippen LogP contribution is 2.50. The first-order valence-corrected chi connectivity index (χ1v) is 11.8. The van der Waals surface area contributed by atoms with E-state index in [0.29, 0.717) is 6.42 Å². The molecule has 0 bridgehead atoms. The van der Waals surface area contributed by atoms with Gasteiger partial charge in [-0.1, -0.05) is 45.4 Å². The van der Waals surface area contributed by atoms with Crippen molar-refractivity contribution in [1.29, 1.82) is 0 Å². The number of carboxylic acid groups (broad SMARTS) is 1. The second kappa shape index (κ2) is 10.1. The Morgan fingerprint density at radius 1 is 0.692 bits per heavy atom. The van der Waals surface area contributed by atoms with E-state index in [2.05, 4.69) is 6.92 Å². The molecule has 26 heavy (non-hydrogen) atoms. The molecule has 0 aromatic heterocycles. The monoisotopic (exact) mass is 362 g/mol. The van der Waals surface area contributed by atoms with E-state index in [4.69, 9.17) is 5.11 Å². The SMILES string of the molecule is CC[C@H]1C[C@@H](C[C@H]2C[C@@H](C[C@H]3C[C@@H](CCCCCCCC(=O)O)C3)C2)C1. The van der Waals surface area contributed by atoms with Gasteiger partial charge in [-0.25, -0.2) is 0 Å². The molecule has 0 atom stereocenters. The van der Waals surface area contributed by atoms with Gasteiger partial charge < -0.3 is 5.11 Å². The van der Waals surface area contributed by atoms with Gasteiger partial charge in [0, 0.05) is 6.42 Å². The molecule has 150 valence electrons. The van der Waals surface area contributed by atoms with Gasteiger partial charge in [-0.2, -0.15) is 0 Å². The van der Waals surface area contributed by atoms with E-state index in [1.807, 2.05) is 0 Å². The zero-order valence-corrected chi connectivity index (χ0v) is 17.1. The standard InChI is InChI=1S/C24H42O2/c1-2-18-10-20(11-18)14-22-16-23(17-22)15-21-12-19(13-21)8-6-4-3-5-7-9-24(25)26/h18-23H,2-17H2,1H3,(H,25,26)/t18-,19-,20+,21+,22-,23+. The normalized spacial score (nSPS) is 36.0. The van der Waals surface area contributed by atoms with E-state index in [1.165, 1.54) is 44.9 Å². The first-order valence-electron chi connectivity index (χ1n) is 11.8. The Bertz CT molecular complexity index is 414. The molecule has 0 aliphatic heterocycles. The topological polar surface area (TPSA) is 37.3 Å². The number of carbonyl (C=O) groups is 1. The molecule has 0 aromatic rings.